The van der Waals surface area contributed by atoms with Gasteiger partial charge in [0.2, 0.25) is 6.29 Å². The fourth-order valence-electron chi connectivity index (χ4n) is 1.16. The summed E-state index contributed by atoms with van der Waals surface area (Å²) in [5.41, 5.74) is 0. The Morgan fingerprint density at radius 1 is 1.18 bits per heavy atom. The van der Waals surface area contributed by atoms with Crippen LogP contribution in [0, 0.1) is 5.92 Å². The van der Waals surface area contributed by atoms with Crippen molar-refractivity contribution in [2.24, 2.45) is 5.92 Å². The molecule has 0 aliphatic rings. The van der Waals surface area contributed by atoms with Crippen molar-refractivity contribution in [3.63, 3.8) is 0 Å². The third-order valence-corrected chi connectivity index (χ3v) is 2.07. The van der Waals surface area contributed by atoms with Crippen molar-refractivity contribution in [3.8, 4) is 0 Å². The van der Waals surface area contributed by atoms with Crippen molar-refractivity contribution >= 4 is 6.29 Å². The van der Waals surface area contributed by atoms with Gasteiger partial charge in [-0.25, -0.2) is 0 Å². The van der Waals surface area contributed by atoms with Gasteiger partial charge in [0.1, 0.15) is 0 Å². The summed E-state index contributed by atoms with van der Waals surface area (Å²) in [4.78, 5) is 10.3. The van der Waals surface area contributed by atoms with E-state index in [9.17, 15) is 4.79 Å². The molecule has 0 spiro atoms. The largest absolute Gasteiger partial charge is 0.291 e. The number of carbonyl (C=O) groups excluding carboxylic acids is 1. The van der Waals surface area contributed by atoms with E-state index < -0.39 is 0 Å². The van der Waals surface area contributed by atoms with E-state index in [0.717, 1.165) is 12.8 Å². The summed E-state index contributed by atoms with van der Waals surface area (Å²) in [6, 6.07) is 0. The first-order valence-corrected chi connectivity index (χ1v) is 4.72. The molecule has 0 aliphatic heterocycles. The van der Waals surface area contributed by atoms with Crippen LogP contribution in [-0.4, -0.2) is 6.29 Å². The predicted octanol–water partition coefficient (Wildman–Crippen LogP) is 3.09. The molecule has 0 amide bonds. The Morgan fingerprint density at radius 3 is 2.36 bits per heavy atom. The standard InChI is InChI=1S/C10H19O/c1-3-5-6-7-8-10(4-2)9-11/h10H,3-8H2,1-2H3. The van der Waals surface area contributed by atoms with Crippen molar-refractivity contribution in [2.75, 3.05) is 0 Å². The average molecular weight is 155 g/mol. The Kier molecular flexibility index (Phi) is 7.54. The summed E-state index contributed by atoms with van der Waals surface area (Å²) in [5.74, 6) is 0.201. The normalized spacial score (nSPS) is 12.9. The average Bonchev–Trinajstić information content (AvgIpc) is 2.05. The molecule has 11 heavy (non-hydrogen) atoms. The van der Waals surface area contributed by atoms with Crippen molar-refractivity contribution in [3.05, 3.63) is 0 Å². The van der Waals surface area contributed by atoms with Gasteiger partial charge in [0.05, 0.1) is 0 Å². The maximum Gasteiger partial charge on any atom is 0.201 e. The van der Waals surface area contributed by atoms with Crippen LogP contribution >= 0.6 is 0 Å². The first-order chi connectivity index (χ1) is 5.35. The first kappa shape index (κ1) is 10.7. The van der Waals surface area contributed by atoms with Gasteiger partial charge in [0.25, 0.3) is 0 Å². The lowest BCUT2D eigenvalue weighted by Crippen LogP contribution is -1.99. The van der Waals surface area contributed by atoms with Crippen LogP contribution in [0.5, 0.6) is 0 Å². The minimum atomic E-state index is 0.201. The zero-order valence-corrected chi connectivity index (χ0v) is 7.73. The van der Waals surface area contributed by atoms with Gasteiger partial charge < -0.3 is 0 Å². The van der Waals surface area contributed by atoms with Gasteiger partial charge in [0, 0.05) is 5.92 Å². The number of hydrogen-bond acceptors (Lipinski definition) is 1. The SMILES string of the molecule is CCCCCCC([C]=O)CC. The molecule has 0 N–H and O–H groups in total. The van der Waals surface area contributed by atoms with Crippen LogP contribution in [0.25, 0.3) is 0 Å². The second-order valence-electron chi connectivity index (χ2n) is 3.07. The third kappa shape index (κ3) is 6.08. The summed E-state index contributed by atoms with van der Waals surface area (Å²) in [7, 11) is 0. The van der Waals surface area contributed by atoms with Crippen LogP contribution in [0.4, 0.5) is 0 Å². The fourth-order valence-corrected chi connectivity index (χ4v) is 1.16. The third-order valence-electron chi connectivity index (χ3n) is 2.07. The highest BCUT2D eigenvalue weighted by molar-refractivity contribution is 5.54. The molecule has 0 rings (SSSR count). The molecule has 0 aromatic heterocycles. The molecule has 1 atom stereocenters. The highest BCUT2D eigenvalue weighted by atomic mass is 16.1. The smallest absolute Gasteiger partial charge is 0.201 e. The molecule has 1 unspecified atom stereocenters. The van der Waals surface area contributed by atoms with Gasteiger partial charge in [-0.2, -0.15) is 0 Å². The van der Waals surface area contributed by atoms with Gasteiger partial charge >= 0.3 is 0 Å². The van der Waals surface area contributed by atoms with Gasteiger partial charge in [-0.05, 0) is 12.8 Å². The monoisotopic (exact) mass is 155 g/mol. The van der Waals surface area contributed by atoms with Gasteiger partial charge in [-0.15, -0.1) is 0 Å². The van der Waals surface area contributed by atoms with E-state index in [1.807, 2.05) is 0 Å². The Hall–Kier alpha value is -0.330. The number of hydrogen-bond donors (Lipinski definition) is 0. The van der Waals surface area contributed by atoms with E-state index in [0.29, 0.717) is 0 Å². The molecule has 1 nitrogen and oxygen atoms in total. The number of unbranched alkanes of at least 4 members (excludes halogenated alkanes) is 3. The highest BCUT2D eigenvalue weighted by Gasteiger charge is 2.03. The molecule has 0 aromatic rings. The summed E-state index contributed by atoms with van der Waals surface area (Å²) in [5, 5.41) is 0. The molecule has 65 valence electrons. The maximum absolute atomic E-state index is 10.3. The molecule has 1 heteroatoms. The van der Waals surface area contributed by atoms with Crippen molar-refractivity contribution in [2.45, 2.75) is 52.4 Å². The molecule has 0 fully saturated rings. The topological polar surface area (TPSA) is 17.1 Å². The summed E-state index contributed by atoms with van der Waals surface area (Å²) >= 11 is 0. The van der Waals surface area contributed by atoms with Crippen LogP contribution in [-0.2, 0) is 4.79 Å². The molecule has 0 saturated carbocycles. The van der Waals surface area contributed by atoms with Crippen LogP contribution in [0.15, 0.2) is 0 Å². The first-order valence-electron chi connectivity index (χ1n) is 4.72. The van der Waals surface area contributed by atoms with Crippen LogP contribution < -0.4 is 0 Å². The minimum absolute atomic E-state index is 0.201. The molecule has 0 heterocycles. The van der Waals surface area contributed by atoms with E-state index in [2.05, 4.69) is 20.1 Å². The zero-order valence-electron chi connectivity index (χ0n) is 7.73. The predicted molar refractivity (Wildman–Crippen MR) is 48.2 cm³/mol. The Bertz CT molecular complexity index is 88.9. The van der Waals surface area contributed by atoms with E-state index in [1.54, 1.807) is 0 Å². The summed E-state index contributed by atoms with van der Waals surface area (Å²) in [6.45, 7) is 4.25. The Balaban J connectivity index is 3.14. The van der Waals surface area contributed by atoms with Crippen molar-refractivity contribution < 1.29 is 4.79 Å². The van der Waals surface area contributed by atoms with E-state index in [-0.39, 0.29) is 5.92 Å². The highest BCUT2D eigenvalue weighted by Crippen LogP contribution is 2.11. The van der Waals surface area contributed by atoms with Crippen molar-refractivity contribution in [1.29, 1.82) is 0 Å². The fraction of sp³-hybridized carbons (Fsp3) is 0.900. The van der Waals surface area contributed by atoms with Crippen LogP contribution in [0.2, 0.25) is 0 Å². The van der Waals surface area contributed by atoms with E-state index >= 15 is 0 Å². The maximum atomic E-state index is 10.3. The molecular weight excluding hydrogens is 136 g/mol. The number of rotatable bonds is 7. The quantitative estimate of drug-likeness (QED) is 0.516. The van der Waals surface area contributed by atoms with Gasteiger partial charge in [0.15, 0.2) is 0 Å². The molecule has 0 bridgehead atoms. The van der Waals surface area contributed by atoms with Crippen LogP contribution in [0.3, 0.4) is 0 Å². The second kappa shape index (κ2) is 7.77. The lowest BCUT2D eigenvalue weighted by atomic mass is 10.00. The second-order valence-corrected chi connectivity index (χ2v) is 3.07. The lowest BCUT2D eigenvalue weighted by molar-refractivity contribution is 0.482. The van der Waals surface area contributed by atoms with Crippen molar-refractivity contribution in [1.82, 2.24) is 0 Å². The Morgan fingerprint density at radius 2 is 1.91 bits per heavy atom. The molecular formula is C10H19O. The summed E-state index contributed by atoms with van der Waals surface area (Å²) < 4.78 is 0. The Labute approximate surface area is 70.2 Å². The molecule has 0 aromatic carbocycles. The lowest BCUT2D eigenvalue weighted by Gasteiger charge is -2.04. The van der Waals surface area contributed by atoms with Crippen LogP contribution in [0.1, 0.15) is 52.4 Å². The molecule has 0 aliphatic carbocycles. The molecule has 1 radical (unpaired) electrons. The van der Waals surface area contributed by atoms with E-state index in [1.165, 1.54) is 25.7 Å². The zero-order chi connectivity index (χ0) is 8.53. The van der Waals surface area contributed by atoms with Gasteiger partial charge in [-0.3, -0.25) is 4.79 Å². The minimum Gasteiger partial charge on any atom is -0.291 e. The van der Waals surface area contributed by atoms with E-state index in [4.69, 9.17) is 0 Å². The van der Waals surface area contributed by atoms with Gasteiger partial charge in [-0.1, -0.05) is 39.5 Å². The summed E-state index contributed by atoms with van der Waals surface area (Å²) in [6.07, 6.45) is 9.11. The molecule has 0 saturated heterocycles.